The monoisotopic (exact) mass is 426 g/mol. The molecule has 2 N–H and O–H groups in total. The molecule has 0 aromatic heterocycles. The summed E-state index contributed by atoms with van der Waals surface area (Å²) in [6.07, 6.45) is 0. The summed E-state index contributed by atoms with van der Waals surface area (Å²) < 4.78 is 0.713. The van der Waals surface area contributed by atoms with Gasteiger partial charge >= 0.3 is 5.97 Å². The number of nitrogens with zero attached hydrogens (tertiary/aromatic N) is 1. The van der Waals surface area contributed by atoms with Crippen LogP contribution in [0.25, 0.3) is 0 Å². The third kappa shape index (κ3) is 3.65. The van der Waals surface area contributed by atoms with Gasteiger partial charge in [0.2, 0.25) is 0 Å². The summed E-state index contributed by atoms with van der Waals surface area (Å²) in [6.45, 7) is 1.47. The minimum Gasteiger partial charge on any atom is -0.478 e. The summed E-state index contributed by atoms with van der Waals surface area (Å²) >= 11 is 1.97. The van der Waals surface area contributed by atoms with Gasteiger partial charge in [-0.2, -0.15) is 0 Å². The Morgan fingerprint density at radius 2 is 1.91 bits per heavy atom. The van der Waals surface area contributed by atoms with Crippen molar-refractivity contribution in [3.05, 3.63) is 66.8 Å². The Morgan fingerprint density at radius 1 is 1.22 bits per heavy atom. The van der Waals surface area contributed by atoms with Crippen LogP contribution in [0.3, 0.4) is 0 Å². The van der Waals surface area contributed by atoms with Crippen LogP contribution < -0.4 is 5.32 Å². The second kappa shape index (κ2) is 6.73. The first-order chi connectivity index (χ1) is 10.8. The van der Waals surface area contributed by atoms with Crippen LogP contribution in [0.4, 0.5) is 11.4 Å². The molecule has 0 unspecified atom stereocenters. The summed E-state index contributed by atoms with van der Waals surface area (Å²) in [6, 6.07) is 8.73. The van der Waals surface area contributed by atoms with E-state index in [-0.39, 0.29) is 28.1 Å². The number of carbonyl (C=O) groups is 2. The van der Waals surface area contributed by atoms with E-state index in [1.807, 2.05) is 22.6 Å². The molecule has 0 bridgehead atoms. The molecule has 2 aromatic rings. The summed E-state index contributed by atoms with van der Waals surface area (Å²) in [4.78, 5) is 34.0. The zero-order valence-electron chi connectivity index (χ0n) is 11.9. The molecule has 0 radical (unpaired) electrons. The molecule has 118 valence electrons. The third-order valence-electron chi connectivity index (χ3n) is 3.21. The number of carboxylic acid groups (broad SMARTS) is 1. The minimum atomic E-state index is -1.17. The molecule has 0 fully saturated rings. The van der Waals surface area contributed by atoms with Crippen molar-refractivity contribution in [3.8, 4) is 0 Å². The predicted molar refractivity (Wildman–Crippen MR) is 91.9 cm³/mol. The number of hydrogen-bond acceptors (Lipinski definition) is 4. The van der Waals surface area contributed by atoms with Crippen LogP contribution in [-0.4, -0.2) is 21.9 Å². The van der Waals surface area contributed by atoms with Crippen LogP contribution >= 0.6 is 22.6 Å². The average Bonchev–Trinajstić information content (AvgIpc) is 2.48. The highest BCUT2D eigenvalue weighted by Crippen LogP contribution is 2.24. The molecule has 7 nitrogen and oxygen atoms in total. The highest BCUT2D eigenvalue weighted by atomic mass is 127. The largest absolute Gasteiger partial charge is 0.478 e. The number of nitro groups is 1. The SMILES string of the molecule is Cc1c(C(=O)Nc2ccc(I)cc2C(=O)O)cccc1[N+](=O)[O-]. The number of aromatic carboxylic acids is 1. The summed E-state index contributed by atoms with van der Waals surface area (Å²) in [5.41, 5.74) is 0.257. The lowest BCUT2D eigenvalue weighted by Crippen LogP contribution is -2.16. The van der Waals surface area contributed by atoms with E-state index in [0.717, 1.165) is 0 Å². The lowest BCUT2D eigenvalue weighted by Gasteiger charge is -2.10. The van der Waals surface area contributed by atoms with E-state index in [2.05, 4.69) is 5.32 Å². The number of nitro benzene ring substituents is 1. The number of anilines is 1. The van der Waals surface area contributed by atoms with E-state index in [1.54, 1.807) is 6.07 Å². The van der Waals surface area contributed by atoms with Crippen LogP contribution in [0.5, 0.6) is 0 Å². The van der Waals surface area contributed by atoms with E-state index in [1.165, 1.54) is 37.3 Å². The number of halogens is 1. The molecule has 0 aliphatic heterocycles. The first kappa shape index (κ1) is 16.9. The molecule has 0 heterocycles. The lowest BCUT2D eigenvalue weighted by atomic mass is 10.1. The third-order valence-corrected chi connectivity index (χ3v) is 3.88. The van der Waals surface area contributed by atoms with Crippen LogP contribution in [0, 0.1) is 20.6 Å². The zero-order valence-corrected chi connectivity index (χ0v) is 14.0. The van der Waals surface area contributed by atoms with Crippen molar-refractivity contribution in [2.45, 2.75) is 6.92 Å². The van der Waals surface area contributed by atoms with Gasteiger partial charge in [0.15, 0.2) is 0 Å². The van der Waals surface area contributed by atoms with E-state index < -0.39 is 16.8 Å². The number of carboxylic acids is 1. The first-order valence-corrected chi connectivity index (χ1v) is 7.47. The maximum absolute atomic E-state index is 12.3. The van der Waals surface area contributed by atoms with Gasteiger partial charge in [0, 0.05) is 20.8 Å². The summed E-state index contributed by atoms with van der Waals surface area (Å²) in [5.74, 6) is -1.77. The zero-order chi connectivity index (χ0) is 17.1. The first-order valence-electron chi connectivity index (χ1n) is 6.39. The molecular formula is C15H11IN2O5. The Kier molecular flexibility index (Phi) is 4.94. The van der Waals surface area contributed by atoms with E-state index in [9.17, 15) is 24.8 Å². The number of benzene rings is 2. The molecule has 0 aliphatic carbocycles. The van der Waals surface area contributed by atoms with E-state index in [4.69, 9.17) is 0 Å². The molecule has 0 aliphatic rings. The molecule has 0 saturated heterocycles. The lowest BCUT2D eigenvalue weighted by molar-refractivity contribution is -0.385. The smallest absolute Gasteiger partial charge is 0.337 e. The molecule has 2 aromatic carbocycles. The number of hydrogen-bond donors (Lipinski definition) is 2. The second-order valence-electron chi connectivity index (χ2n) is 4.66. The molecule has 0 spiro atoms. The van der Waals surface area contributed by atoms with Crippen molar-refractivity contribution < 1.29 is 19.6 Å². The van der Waals surface area contributed by atoms with Gasteiger partial charge in [0.1, 0.15) is 0 Å². The van der Waals surface area contributed by atoms with Gasteiger partial charge in [-0.3, -0.25) is 14.9 Å². The molecule has 1 amide bonds. The van der Waals surface area contributed by atoms with Gasteiger partial charge in [-0.25, -0.2) is 4.79 Å². The number of nitrogens with one attached hydrogen (secondary N) is 1. The Bertz CT molecular complexity index is 820. The topological polar surface area (TPSA) is 110 Å². The van der Waals surface area contributed by atoms with Crippen molar-refractivity contribution in [3.63, 3.8) is 0 Å². The fourth-order valence-electron chi connectivity index (χ4n) is 2.06. The van der Waals surface area contributed by atoms with Gasteiger partial charge in [-0.1, -0.05) is 6.07 Å². The fourth-order valence-corrected chi connectivity index (χ4v) is 2.55. The van der Waals surface area contributed by atoms with Crippen molar-refractivity contribution in [1.29, 1.82) is 0 Å². The van der Waals surface area contributed by atoms with Crippen LogP contribution in [0.2, 0.25) is 0 Å². The van der Waals surface area contributed by atoms with Crippen molar-refractivity contribution >= 4 is 45.8 Å². The van der Waals surface area contributed by atoms with E-state index in [0.29, 0.717) is 3.57 Å². The average molecular weight is 426 g/mol. The maximum Gasteiger partial charge on any atom is 0.337 e. The number of amides is 1. The Hall–Kier alpha value is -2.49. The minimum absolute atomic E-state index is 0.0478. The van der Waals surface area contributed by atoms with Gasteiger partial charge in [-0.15, -0.1) is 0 Å². The highest BCUT2D eigenvalue weighted by molar-refractivity contribution is 14.1. The summed E-state index contributed by atoms with van der Waals surface area (Å²) in [5, 5.41) is 22.6. The van der Waals surface area contributed by atoms with Crippen LogP contribution in [0.15, 0.2) is 36.4 Å². The number of carbonyl (C=O) groups excluding carboxylic acids is 1. The van der Waals surface area contributed by atoms with Gasteiger partial charge < -0.3 is 10.4 Å². The highest BCUT2D eigenvalue weighted by Gasteiger charge is 2.19. The van der Waals surface area contributed by atoms with E-state index >= 15 is 0 Å². The Labute approximate surface area is 144 Å². The molecule has 2 rings (SSSR count). The summed E-state index contributed by atoms with van der Waals surface area (Å²) in [7, 11) is 0. The van der Waals surface area contributed by atoms with Crippen LogP contribution in [-0.2, 0) is 0 Å². The normalized spacial score (nSPS) is 10.2. The maximum atomic E-state index is 12.3. The Balaban J connectivity index is 2.39. The Morgan fingerprint density at radius 3 is 2.52 bits per heavy atom. The molecule has 0 atom stereocenters. The van der Waals surface area contributed by atoms with Gasteiger partial charge in [-0.05, 0) is 53.8 Å². The number of rotatable bonds is 4. The van der Waals surface area contributed by atoms with Crippen molar-refractivity contribution in [2.75, 3.05) is 5.32 Å². The molecular weight excluding hydrogens is 415 g/mol. The van der Waals surface area contributed by atoms with Crippen molar-refractivity contribution in [1.82, 2.24) is 0 Å². The standard InChI is InChI=1S/C15H11IN2O5/c1-8-10(3-2-4-13(8)18(22)23)14(19)17-12-6-5-9(16)7-11(12)15(20)21/h2-7H,1H3,(H,17,19)(H,20,21). The van der Waals surface area contributed by atoms with Gasteiger partial charge in [0.25, 0.3) is 11.6 Å². The second-order valence-corrected chi connectivity index (χ2v) is 5.90. The van der Waals surface area contributed by atoms with Crippen molar-refractivity contribution in [2.24, 2.45) is 0 Å². The molecule has 8 heteroatoms. The van der Waals surface area contributed by atoms with Gasteiger partial charge in [0.05, 0.1) is 16.2 Å². The predicted octanol–water partition coefficient (Wildman–Crippen LogP) is 3.46. The molecule has 0 saturated carbocycles. The van der Waals surface area contributed by atoms with Crippen LogP contribution in [0.1, 0.15) is 26.3 Å². The fraction of sp³-hybridized carbons (Fsp3) is 0.0667. The molecule has 23 heavy (non-hydrogen) atoms. The quantitative estimate of drug-likeness (QED) is 0.442.